The summed E-state index contributed by atoms with van der Waals surface area (Å²) in [5, 5.41) is 10.3. The maximum absolute atomic E-state index is 9.08. The van der Waals surface area contributed by atoms with Gasteiger partial charge in [0, 0.05) is 36.0 Å². The van der Waals surface area contributed by atoms with Gasteiger partial charge in [0.15, 0.2) is 0 Å². The largest absolute Gasteiger partial charge is 0.343 e. The Kier molecular flexibility index (Phi) is 3.60. The van der Waals surface area contributed by atoms with Crippen molar-refractivity contribution in [2.24, 2.45) is 0 Å². The molecule has 0 aliphatic rings. The minimum Gasteiger partial charge on any atom is -0.343 e. The molecule has 0 bridgehead atoms. The van der Waals surface area contributed by atoms with Crippen LogP contribution in [0, 0.1) is 11.3 Å². The molecular formula is C20H16N4. The van der Waals surface area contributed by atoms with E-state index in [9.17, 15) is 0 Å². The molecule has 0 aliphatic carbocycles. The Morgan fingerprint density at radius 1 is 1.04 bits per heavy atom. The SMILES string of the molecule is N#Cc1cccc(Cn2cc(Cn3ccnc3)c3ccccc32)c1. The van der Waals surface area contributed by atoms with Crippen molar-refractivity contribution in [3.8, 4) is 6.07 Å². The van der Waals surface area contributed by atoms with E-state index in [0.29, 0.717) is 5.56 Å². The Labute approximate surface area is 140 Å². The van der Waals surface area contributed by atoms with Crippen molar-refractivity contribution < 1.29 is 0 Å². The van der Waals surface area contributed by atoms with E-state index in [1.807, 2.05) is 30.7 Å². The van der Waals surface area contributed by atoms with Gasteiger partial charge in [-0.3, -0.25) is 0 Å². The van der Waals surface area contributed by atoms with E-state index in [4.69, 9.17) is 5.26 Å². The number of nitrogens with zero attached hydrogens (tertiary/aromatic N) is 4. The Morgan fingerprint density at radius 3 is 2.79 bits per heavy atom. The van der Waals surface area contributed by atoms with Crippen molar-refractivity contribution in [2.75, 3.05) is 0 Å². The monoisotopic (exact) mass is 312 g/mol. The van der Waals surface area contributed by atoms with Crippen molar-refractivity contribution >= 4 is 10.9 Å². The van der Waals surface area contributed by atoms with Crippen molar-refractivity contribution in [3.05, 3.63) is 90.1 Å². The maximum Gasteiger partial charge on any atom is 0.0991 e. The molecule has 0 saturated carbocycles. The molecular weight excluding hydrogens is 296 g/mol. The second kappa shape index (κ2) is 6.05. The minimum atomic E-state index is 0.697. The van der Waals surface area contributed by atoms with Gasteiger partial charge in [0.05, 0.1) is 24.5 Å². The van der Waals surface area contributed by atoms with Crippen molar-refractivity contribution in [2.45, 2.75) is 13.1 Å². The molecule has 0 fully saturated rings. The van der Waals surface area contributed by atoms with Crippen LogP contribution in [0.5, 0.6) is 0 Å². The zero-order valence-corrected chi connectivity index (χ0v) is 13.1. The normalized spacial score (nSPS) is 10.8. The van der Waals surface area contributed by atoms with Crippen molar-refractivity contribution in [1.29, 1.82) is 5.26 Å². The highest BCUT2D eigenvalue weighted by molar-refractivity contribution is 5.84. The van der Waals surface area contributed by atoms with Gasteiger partial charge in [-0.15, -0.1) is 0 Å². The number of hydrogen-bond donors (Lipinski definition) is 0. The fraction of sp³-hybridized carbons (Fsp3) is 0.100. The molecule has 2 aromatic heterocycles. The van der Waals surface area contributed by atoms with Crippen LogP contribution in [-0.2, 0) is 13.1 Å². The van der Waals surface area contributed by atoms with Crippen LogP contribution < -0.4 is 0 Å². The number of rotatable bonds is 4. The topological polar surface area (TPSA) is 46.5 Å². The predicted octanol–water partition coefficient (Wildman–Crippen LogP) is 3.81. The van der Waals surface area contributed by atoms with E-state index in [2.05, 4.69) is 56.7 Å². The minimum absolute atomic E-state index is 0.697. The summed E-state index contributed by atoms with van der Waals surface area (Å²) in [7, 11) is 0. The summed E-state index contributed by atoms with van der Waals surface area (Å²) in [6.45, 7) is 1.55. The van der Waals surface area contributed by atoms with E-state index < -0.39 is 0 Å². The zero-order chi connectivity index (χ0) is 16.4. The molecule has 0 N–H and O–H groups in total. The van der Waals surface area contributed by atoms with Gasteiger partial charge >= 0.3 is 0 Å². The lowest BCUT2D eigenvalue weighted by Crippen LogP contribution is -1.99. The van der Waals surface area contributed by atoms with Gasteiger partial charge in [-0.05, 0) is 29.3 Å². The van der Waals surface area contributed by atoms with Crippen molar-refractivity contribution in [3.63, 3.8) is 0 Å². The predicted molar refractivity (Wildman–Crippen MR) is 93.5 cm³/mol. The molecule has 0 atom stereocenters. The molecule has 0 spiro atoms. The van der Waals surface area contributed by atoms with Gasteiger partial charge in [0.25, 0.3) is 0 Å². The Morgan fingerprint density at radius 2 is 1.96 bits per heavy atom. The fourth-order valence-electron chi connectivity index (χ4n) is 3.09. The molecule has 4 heteroatoms. The van der Waals surface area contributed by atoms with Crippen LogP contribution in [-0.4, -0.2) is 14.1 Å². The van der Waals surface area contributed by atoms with Gasteiger partial charge in [-0.25, -0.2) is 4.98 Å². The lowest BCUT2D eigenvalue weighted by molar-refractivity contribution is 0.783. The summed E-state index contributed by atoms with van der Waals surface area (Å²) in [4.78, 5) is 4.12. The molecule has 2 aromatic carbocycles. The molecule has 0 saturated heterocycles. The molecule has 4 nitrogen and oxygen atoms in total. The second-order valence-electron chi connectivity index (χ2n) is 5.85. The number of benzene rings is 2. The Hall–Kier alpha value is -3.32. The van der Waals surface area contributed by atoms with Gasteiger partial charge in [-0.2, -0.15) is 5.26 Å². The molecule has 4 aromatic rings. The molecule has 0 radical (unpaired) electrons. The van der Waals surface area contributed by atoms with Crippen LogP contribution in [0.3, 0.4) is 0 Å². The third kappa shape index (κ3) is 2.68. The number of imidazole rings is 1. The summed E-state index contributed by atoms with van der Waals surface area (Å²) < 4.78 is 4.32. The molecule has 0 aliphatic heterocycles. The summed E-state index contributed by atoms with van der Waals surface area (Å²) in [5.41, 5.74) is 4.29. The maximum atomic E-state index is 9.08. The molecule has 0 unspecified atom stereocenters. The lowest BCUT2D eigenvalue weighted by atomic mass is 10.1. The molecule has 24 heavy (non-hydrogen) atoms. The van der Waals surface area contributed by atoms with E-state index >= 15 is 0 Å². The van der Waals surface area contributed by atoms with Gasteiger partial charge < -0.3 is 9.13 Å². The van der Waals surface area contributed by atoms with E-state index in [0.717, 1.165) is 18.7 Å². The number of hydrogen-bond acceptors (Lipinski definition) is 2. The molecule has 2 heterocycles. The van der Waals surface area contributed by atoms with Crippen LogP contribution in [0.2, 0.25) is 0 Å². The fourth-order valence-corrected chi connectivity index (χ4v) is 3.09. The summed E-state index contributed by atoms with van der Waals surface area (Å²) >= 11 is 0. The lowest BCUT2D eigenvalue weighted by Gasteiger charge is -2.06. The number of nitriles is 1. The summed E-state index contributed by atoms with van der Waals surface area (Å²) in [6, 6.07) is 18.4. The number of fused-ring (bicyclic) bond motifs is 1. The van der Waals surface area contributed by atoms with Crippen LogP contribution in [0.4, 0.5) is 0 Å². The van der Waals surface area contributed by atoms with E-state index in [1.165, 1.54) is 16.5 Å². The quantitative estimate of drug-likeness (QED) is 0.575. The van der Waals surface area contributed by atoms with Gasteiger partial charge in [-0.1, -0.05) is 30.3 Å². The van der Waals surface area contributed by atoms with E-state index in [-0.39, 0.29) is 0 Å². The standard InChI is InChI=1S/C20H16N4/c21-11-16-4-3-5-17(10-16)12-24-14-18(13-23-9-8-22-15-23)19-6-1-2-7-20(19)24/h1-10,14-15H,12-13H2. The molecule has 116 valence electrons. The van der Waals surface area contributed by atoms with Crippen LogP contribution in [0.1, 0.15) is 16.7 Å². The summed E-state index contributed by atoms with van der Waals surface area (Å²) in [5.74, 6) is 0. The second-order valence-corrected chi connectivity index (χ2v) is 5.85. The smallest absolute Gasteiger partial charge is 0.0991 e. The average molecular weight is 312 g/mol. The highest BCUT2D eigenvalue weighted by Crippen LogP contribution is 2.23. The van der Waals surface area contributed by atoms with Crippen LogP contribution in [0.15, 0.2) is 73.4 Å². The first-order valence-electron chi connectivity index (χ1n) is 7.85. The number of para-hydroxylation sites is 1. The highest BCUT2D eigenvalue weighted by Gasteiger charge is 2.09. The molecule has 4 rings (SSSR count). The van der Waals surface area contributed by atoms with Gasteiger partial charge in [0.1, 0.15) is 0 Å². The first-order valence-corrected chi connectivity index (χ1v) is 7.85. The zero-order valence-electron chi connectivity index (χ0n) is 13.1. The van der Waals surface area contributed by atoms with Crippen molar-refractivity contribution in [1.82, 2.24) is 14.1 Å². The summed E-state index contributed by atoms with van der Waals surface area (Å²) in [6.07, 6.45) is 7.81. The molecule has 0 amide bonds. The van der Waals surface area contributed by atoms with E-state index in [1.54, 1.807) is 6.20 Å². The number of aromatic nitrogens is 3. The first-order chi connectivity index (χ1) is 11.8. The Bertz CT molecular complexity index is 1020. The first kappa shape index (κ1) is 14.3. The van der Waals surface area contributed by atoms with Crippen LogP contribution >= 0.6 is 0 Å². The third-order valence-corrected chi connectivity index (χ3v) is 4.19. The van der Waals surface area contributed by atoms with Crippen LogP contribution in [0.25, 0.3) is 10.9 Å². The average Bonchev–Trinajstić information content (AvgIpc) is 3.25. The highest BCUT2D eigenvalue weighted by atomic mass is 15.0. The third-order valence-electron chi connectivity index (χ3n) is 4.19. The Balaban J connectivity index is 1.74. The van der Waals surface area contributed by atoms with Gasteiger partial charge in [0.2, 0.25) is 0 Å².